The van der Waals surface area contributed by atoms with Crippen LogP contribution in [0.25, 0.3) is 5.57 Å². The number of aryl methyl sites for hydroxylation is 1. The second-order valence-corrected chi connectivity index (χ2v) is 7.56. The number of hydrogen-bond acceptors (Lipinski definition) is 1. The van der Waals surface area contributed by atoms with Gasteiger partial charge in [0, 0.05) is 17.8 Å². The van der Waals surface area contributed by atoms with E-state index in [0.29, 0.717) is 17.4 Å². The van der Waals surface area contributed by atoms with Crippen molar-refractivity contribution in [1.82, 2.24) is 5.32 Å². The SMILES string of the molecule is C=C1CC1/C=C1/C=C(C2=C(c3ccc(F)c(C)c3)CC(C)C=C2)C=CN1. The van der Waals surface area contributed by atoms with Crippen LogP contribution in [0.15, 0.2) is 83.8 Å². The maximum absolute atomic E-state index is 13.7. The normalized spacial score (nSPS) is 26.2. The van der Waals surface area contributed by atoms with Gasteiger partial charge in [-0.2, -0.15) is 0 Å². The van der Waals surface area contributed by atoms with Gasteiger partial charge >= 0.3 is 0 Å². The molecular weight excluding hydrogens is 321 g/mol. The van der Waals surface area contributed by atoms with Gasteiger partial charge in [-0.15, -0.1) is 0 Å². The van der Waals surface area contributed by atoms with E-state index in [-0.39, 0.29) is 5.82 Å². The average Bonchev–Trinajstić information content (AvgIpc) is 3.32. The van der Waals surface area contributed by atoms with Crippen molar-refractivity contribution in [2.75, 3.05) is 0 Å². The first-order valence-corrected chi connectivity index (χ1v) is 9.24. The zero-order chi connectivity index (χ0) is 18.3. The number of allylic oxidation sites excluding steroid dienone is 9. The molecule has 0 saturated heterocycles. The van der Waals surface area contributed by atoms with E-state index in [1.807, 2.05) is 25.3 Å². The van der Waals surface area contributed by atoms with E-state index < -0.39 is 0 Å². The van der Waals surface area contributed by atoms with Crippen LogP contribution in [-0.4, -0.2) is 0 Å². The van der Waals surface area contributed by atoms with Crippen LogP contribution in [0.1, 0.15) is 30.9 Å². The van der Waals surface area contributed by atoms with Crippen LogP contribution in [0.3, 0.4) is 0 Å². The van der Waals surface area contributed by atoms with Crippen molar-refractivity contribution in [2.24, 2.45) is 11.8 Å². The highest BCUT2D eigenvalue weighted by Gasteiger charge is 2.25. The third-order valence-corrected chi connectivity index (χ3v) is 5.31. The Morgan fingerprint density at radius 1 is 1.23 bits per heavy atom. The van der Waals surface area contributed by atoms with Crippen molar-refractivity contribution in [1.29, 1.82) is 0 Å². The summed E-state index contributed by atoms with van der Waals surface area (Å²) in [6.07, 6.45) is 15.1. The Labute approximate surface area is 155 Å². The van der Waals surface area contributed by atoms with Gasteiger partial charge in [-0.1, -0.05) is 43.4 Å². The lowest BCUT2D eigenvalue weighted by Gasteiger charge is -2.23. The fourth-order valence-electron chi connectivity index (χ4n) is 3.60. The summed E-state index contributed by atoms with van der Waals surface area (Å²) in [6.45, 7) is 8.09. The first kappa shape index (κ1) is 16.8. The highest BCUT2D eigenvalue weighted by atomic mass is 19.1. The first-order chi connectivity index (χ1) is 12.5. The van der Waals surface area contributed by atoms with Crippen LogP contribution in [0.4, 0.5) is 4.39 Å². The molecule has 1 saturated carbocycles. The van der Waals surface area contributed by atoms with Gasteiger partial charge in [0.25, 0.3) is 0 Å². The summed E-state index contributed by atoms with van der Waals surface area (Å²) in [6, 6.07) is 5.45. The molecule has 1 aromatic carbocycles. The van der Waals surface area contributed by atoms with Crippen molar-refractivity contribution in [3.05, 3.63) is 101 Å². The highest BCUT2D eigenvalue weighted by Crippen LogP contribution is 2.39. The molecule has 1 aromatic rings. The predicted molar refractivity (Wildman–Crippen MR) is 107 cm³/mol. The molecule has 4 rings (SSSR count). The third kappa shape index (κ3) is 3.37. The van der Waals surface area contributed by atoms with Gasteiger partial charge in [-0.25, -0.2) is 4.39 Å². The van der Waals surface area contributed by atoms with Crippen molar-refractivity contribution in [3.63, 3.8) is 0 Å². The van der Waals surface area contributed by atoms with E-state index in [9.17, 15) is 4.39 Å². The van der Waals surface area contributed by atoms with Crippen LogP contribution < -0.4 is 5.32 Å². The van der Waals surface area contributed by atoms with Crippen LogP contribution in [-0.2, 0) is 0 Å². The van der Waals surface area contributed by atoms with Crippen molar-refractivity contribution in [2.45, 2.75) is 26.7 Å². The minimum Gasteiger partial charge on any atom is -0.362 e. The second-order valence-electron chi connectivity index (χ2n) is 7.56. The Kier molecular flexibility index (Phi) is 4.28. The van der Waals surface area contributed by atoms with E-state index in [4.69, 9.17) is 0 Å². The Balaban J connectivity index is 1.76. The molecule has 2 unspecified atom stereocenters. The smallest absolute Gasteiger partial charge is 0.126 e. The number of halogens is 1. The molecule has 2 heteroatoms. The molecule has 1 fully saturated rings. The summed E-state index contributed by atoms with van der Waals surface area (Å²) in [7, 11) is 0. The standard InChI is InChI=1S/C24H24FN/c1-15-4-6-22(23(10-15)18-5-7-24(25)17(3)12-18)19-8-9-26-21(13-19)14-20-11-16(20)2/h4-9,12-15,20,26H,2,10-11H2,1,3H3/b21-14-. The molecule has 3 aliphatic rings. The molecule has 26 heavy (non-hydrogen) atoms. The topological polar surface area (TPSA) is 12.0 Å². The molecule has 2 atom stereocenters. The molecular formula is C24H24FN. The Bertz CT molecular complexity index is 924. The van der Waals surface area contributed by atoms with Crippen molar-refractivity contribution in [3.8, 4) is 0 Å². The fourth-order valence-corrected chi connectivity index (χ4v) is 3.60. The lowest BCUT2D eigenvalue weighted by Crippen LogP contribution is -2.10. The van der Waals surface area contributed by atoms with Crippen LogP contribution >= 0.6 is 0 Å². The second kappa shape index (κ2) is 6.60. The monoisotopic (exact) mass is 345 g/mol. The largest absolute Gasteiger partial charge is 0.362 e. The van der Waals surface area contributed by atoms with Crippen LogP contribution in [0.5, 0.6) is 0 Å². The van der Waals surface area contributed by atoms with Gasteiger partial charge in [-0.3, -0.25) is 0 Å². The van der Waals surface area contributed by atoms with Crippen molar-refractivity contribution < 1.29 is 4.39 Å². The average molecular weight is 345 g/mol. The van der Waals surface area contributed by atoms with Gasteiger partial charge in [-0.05, 0) is 77.8 Å². The van der Waals surface area contributed by atoms with Gasteiger partial charge in [0.15, 0.2) is 0 Å². The molecule has 1 aliphatic heterocycles. The highest BCUT2D eigenvalue weighted by molar-refractivity contribution is 5.78. The molecule has 1 N–H and O–H groups in total. The van der Waals surface area contributed by atoms with Gasteiger partial charge in [0.1, 0.15) is 5.82 Å². The Morgan fingerprint density at radius 3 is 2.77 bits per heavy atom. The molecule has 0 bridgehead atoms. The number of nitrogens with one attached hydrogen (secondary N) is 1. The third-order valence-electron chi connectivity index (χ3n) is 5.31. The van der Waals surface area contributed by atoms with Crippen LogP contribution in [0, 0.1) is 24.6 Å². The number of benzene rings is 1. The van der Waals surface area contributed by atoms with Crippen LogP contribution in [0.2, 0.25) is 0 Å². The summed E-state index contributed by atoms with van der Waals surface area (Å²) in [5.74, 6) is 0.845. The summed E-state index contributed by atoms with van der Waals surface area (Å²) >= 11 is 0. The van der Waals surface area contributed by atoms with Gasteiger partial charge in [0.05, 0.1) is 0 Å². The molecule has 0 aromatic heterocycles. The minimum atomic E-state index is -0.147. The number of dihydropyridines is 1. The van der Waals surface area contributed by atoms with Crippen molar-refractivity contribution >= 4 is 5.57 Å². The Morgan fingerprint density at radius 2 is 2.04 bits per heavy atom. The van der Waals surface area contributed by atoms with E-state index in [0.717, 1.165) is 24.1 Å². The van der Waals surface area contributed by atoms with Gasteiger partial charge < -0.3 is 5.32 Å². The quantitative estimate of drug-likeness (QED) is 0.664. The van der Waals surface area contributed by atoms with E-state index >= 15 is 0 Å². The zero-order valence-electron chi connectivity index (χ0n) is 15.4. The van der Waals surface area contributed by atoms with E-state index in [1.165, 1.54) is 22.3 Å². The lowest BCUT2D eigenvalue weighted by atomic mass is 9.83. The summed E-state index contributed by atoms with van der Waals surface area (Å²) < 4.78 is 13.7. The Hall–Kier alpha value is -2.61. The van der Waals surface area contributed by atoms with E-state index in [1.54, 1.807) is 6.07 Å². The zero-order valence-corrected chi connectivity index (χ0v) is 15.4. The fraction of sp³-hybridized carbons (Fsp3) is 0.250. The number of rotatable bonds is 3. The minimum absolute atomic E-state index is 0.147. The first-order valence-electron chi connectivity index (χ1n) is 9.24. The maximum atomic E-state index is 13.7. The lowest BCUT2D eigenvalue weighted by molar-refractivity contribution is 0.618. The summed E-state index contributed by atoms with van der Waals surface area (Å²) in [4.78, 5) is 0. The molecule has 2 aliphatic carbocycles. The molecule has 0 amide bonds. The molecule has 1 nitrogen and oxygen atoms in total. The summed E-state index contributed by atoms with van der Waals surface area (Å²) in [5.41, 5.74) is 7.95. The van der Waals surface area contributed by atoms with Gasteiger partial charge in [0.2, 0.25) is 0 Å². The summed E-state index contributed by atoms with van der Waals surface area (Å²) in [5, 5.41) is 3.33. The maximum Gasteiger partial charge on any atom is 0.126 e. The number of hydrogen-bond donors (Lipinski definition) is 1. The molecule has 0 spiro atoms. The molecule has 0 radical (unpaired) electrons. The van der Waals surface area contributed by atoms with E-state index in [2.05, 4.69) is 49.2 Å². The molecule has 132 valence electrons. The predicted octanol–water partition coefficient (Wildman–Crippen LogP) is 5.99. The molecule has 1 heterocycles.